The Hall–Kier alpha value is -3.29. The Morgan fingerprint density at radius 1 is 1.08 bits per heavy atom. The number of hydrogen-bond acceptors (Lipinski definition) is 6. The first kappa shape index (κ1) is 16.6. The zero-order valence-corrected chi connectivity index (χ0v) is 14.1. The predicted octanol–water partition coefficient (Wildman–Crippen LogP) is 1.69. The van der Waals surface area contributed by atoms with E-state index in [-0.39, 0.29) is 11.6 Å². The number of nitrogens with zero attached hydrogens (tertiary/aromatic N) is 3. The lowest BCUT2D eigenvalue weighted by molar-refractivity contribution is 0.0946. The zero-order chi connectivity index (χ0) is 17.8. The van der Waals surface area contributed by atoms with Gasteiger partial charge in [0, 0.05) is 12.6 Å². The van der Waals surface area contributed by atoms with Crippen molar-refractivity contribution in [3.05, 3.63) is 47.8 Å². The molecule has 1 amide bonds. The summed E-state index contributed by atoms with van der Waals surface area (Å²) < 4.78 is 17.0. The minimum atomic E-state index is -0.292. The van der Waals surface area contributed by atoms with E-state index in [0.717, 1.165) is 5.56 Å². The fourth-order valence-electron chi connectivity index (χ4n) is 2.35. The van der Waals surface area contributed by atoms with Gasteiger partial charge in [-0.25, -0.2) is 9.50 Å². The molecule has 0 fully saturated rings. The molecule has 3 rings (SSSR count). The number of fused-ring (bicyclic) bond motifs is 1. The molecule has 0 atom stereocenters. The van der Waals surface area contributed by atoms with Crippen molar-refractivity contribution in [2.75, 3.05) is 21.3 Å². The predicted molar refractivity (Wildman–Crippen MR) is 90.3 cm³/mol. The number of aromatic nitrogens is 3. The molecule has 0 radical (unpaired) electrons. The second kappa shape index (κ2) is 7.08. The topological polar surface area (TPSA) is 87.0 Å². The Bertz CT molecular complexity index is 907. The fraction of sp³-hybridized carbons (Fsp3) is 0.235. The lowest BCUT2D eigenvalue weighted by atomic mass is 10.2. The van der Waals surface area contributed by atoms with Crippen LogP contribution < -0.4 is 19.5 Å². The molecule has 0 bridgehead atoms. The molecular formula is C17H18N4O4. The molecule has 2 heterocycles. The van der Waals surface area contributed by atoms with E-state index in [1.54, 1.807) is 38.6 Å². The third kappa shape index (κ3) is 3.47. The summed E-state index contributed by atoms with van der Waals surface area (Å²) in [5, 5.41) is 7.00. The molecule has 3 aromatic rings. The molecule has 0 spiro atoms. The number of methoxy groups -OCH3 is 3. The van der Waals surface area contributed by atoms with Crippen LogP contribution in [0, 0.1) is 0 Å². The third-order valence-corrected chi connectivity index (χ3v) is 3.64. The third-order valence-electron chi connectivity index (χ3n) is 3.64. The van der Waals surface area contributed by atoms with Crippen LogP contribution in [0.5, 0.6) is 17.4 Å². The molecule has 0 saturated carbocycles. The van der Waals surface area contributed by atoms with E-state index in [9.17, 15) is 4.79 Å². The smallest absolute Gasteiger partial charge is 0.271 e. The van der Waals surface area contributed by atoms with Gasteiger partial charge < -0.3 is 19.5 Å². The summed E-state index contributed by atoms with van der Waals surface area (Å²) in [6.45, 7) is 0.337. The monoisotopic (exact) mass is 342 g/mol. The van der Waals surface area contributed by atoms with E-state index < -0.39 is 0 Å². The Labute approximate surface area is 144 Å². The number of ether oxygens (including phenoxy) is 3. The number of hydrogen-bond donors (Lipinski definition) is 1. The summed E-state index contributed by atoms with van der Waals surface area (Å²) in [6, 6.07) is 8.89. The van der Waals surface area contributed by atoms with Crippen LogP contribution in [-0.2, 0) is 6.54 Å². The number of amides is 1. The first-order valence-corrected chi connectivity index (χ1v) is 7.54. The SMILES string of the molecule is COc1ccc2nc(C(=O)NCc3ccc(OC)c(OC)c3)cn2n1. The highest BCUT2D eigenvalue weighted by Crippen LogP contribution is 2.27. The molecule has 0 saturated heterocycles. The van der Waals surface area contributed by atoms with Gasteiger partial charge in [-0.1, -0.05) is 6.07 Å². The Balaban J connectivity index is 1.72. The molecular weight excluding hydrogens is 324 g/mol. The van der Waals surface area contributed by atoms with Crippen LogP contribution in [0.3, 0.4) is 0 Å². The summed E-state index contributed by atoms with van der Waals surface area (Å²) >= 11 is 0. The zero-order valence-electron chi connectivity index (χ0n) is 14.1. The molecule has 0 aliphatic heterocycles. The van der Waals surface area contributed by atoms with Crippen molar-refractivity contribution in [3.63, 3.8) is 0 Å². The number of rotatable bonds is 6. The van der Waals surface area contributed by atoms with Crippen LogP contribution in [0.25, 0.3) is 5.65 Å². The molecule has 8 nitrogen and oxygen atoms in total. The Morgan fingerprint density at radius 2 is 1.88 bits per heavy atom. The van der Waals surface area contributed by atoms with Gasteiger partial charge in [-0.15, -0.1) is 5.10 Å². The van der Waals surface area contributed by atoms with Gasteiger partial charge in [0.15, 0.2) is 17.1 Å². The highest BCUT2D eigenvalue weighted by molar-refractivity contribution is 5.92. The lowest BCUT2D eigenvalue weighted by Crippen LogP contribution is -2.23. The van der Waals surface area contributed by atoms with Crippen molar-refractivity contribution >= 4 is 11.6 Å². The van der Waals surface area contributed by atoms with Crippen LogP contribution in [-0.4, -0.2) is 41.8 Å². The number of nitrogens with one attached hydrogen (secondary N) is 1. The summed E-state index contributed by atoms with van der Waals surface area (Å²) in [6.07, 6.45) is 1.56. The van der Waals surface area contributed by atoms with Gasteiger partial charge in [-0.05, 0) is 23.8 Å². The van der Waals surface area contributed by atoms with Crippen LogP contribution in [0.4, 0.5) is 0 Å². The highest BCUT2D eigenvalue weighted by atomic mass is 16.5. The second-order valence-corrected chi connectivity index (χ2v) is 5.18. The minimum Gasteiger partial charge on any atom is -0.493 e. The maximum absolute atomic E-state index is 12.3. The first-order chi connectivity index (χ1) is 12.1. The Morgan fingerprint density at radius 3 is 2.60 bits per heavy atom. The van der Waals surface area contributed by atoms with E-state index in [4.69, 9.17) is 14.2 Å². The van der Waals surface area contributed by atoms with Crippen LogP contribution in [0.2, 0.25) is 0 Å². The van der Waals surface area contributed by atoms with Crippen molar-refractivity contribution in [1.82, 2.24) is 19.9 Å². The molecule has 25 heavy (non-hydrogen) atoms. The van der Waals surface area contributed by atoms with Gasteiger partial charge in [0.1, 0.15) is 5.69 Å². The molecule has 0 unspecified atom stereocenters. The van der Waals surface area contributed by atoms with E-state index in [1.165, 1.54) is 11.6 Å². The number of imidazole rings is 1. The maximum atomic E-state index is 12.3. The summed E-state index contributed by atoms with van der Waals surface area (Å²) in [7, 11) is 4.67. The van der Waals surface area contributed by atoms with Gasteiger partial charge >= 0.3 is 0 Å². The molecule has 130 valence electrons. The summed E-state index contributed by atoms with van der Waals surface area (Å²) in [4.78, 5) is 16.6. The molecule has 0 aliphatic rings. The van der Waals surface area contributed by atoms with Crippen molar-refractivity contribution in [2.24, 2.45) is 0 Å². The van der Waals surface area contributed by atoms with Gasteiger partial charge in [-0.2, -0.15) is 0 Å². The standard InChI is InChI=1S/C17H18N4O4/c1-23-13-5-4-11(8-14(13)24-2)9-18-17(22)12-10-21-15(19-12)6-7-16(20-21)25-3/h4-8,10H,9H2,1-3H3,(H,18,22). The van der Waals surface area contributed by atoms with E-state index in [0.29, 0.717) is 29.6 Å². The average molecular weight is 342 g/mol. The minimum absolute atomic E-state index is 0.279. The van der Waals surface area contributed by atoms with Gasteiger partial charge in [0.25, 0.3) is 5.91 Å². The second-order valence-electron chi connectivity index (χ2n) is 5.18. The highest BCUT2D eigenvalue weighted by Gasteiger charge is 2.12. The quantitative estimate of drug-likeness (QED) is 0.733. The van der Waals surface area contributed by atoms with Crippen molar-refractivity contribution in [2.45, 2.75) is 6.54 Å². The van der Waals surface area contributed by atoms with E-state index in [1.807, 2.05) is 12.1 Å². The molecule has 1 N–H and O–H groups in total. The van der Waals surface area contributed by atoms with E-state index >= 15 is 0 Å². The fourth-order valence-corrected chi connectivity index (χ4v) is 2.35. The largest absolute Gasteiger partial charge is 0.493 e. The molecule has 2 aromatic heterocycles. The van der Waals surface area contributed by atoms with Gasteiger partial charge in [0.05, 0.1) is 27.5 Å². The van der Waals surface area contributed by atoms with E-state index in [2.05, 4.69) is 15.4 Å². The van der Waals surface area contributed by atoms with Crippen molar-refractivity contribution < 1.29 is 19.0 Å². The van der Waals surface area contributed by atoms with Crippen molar-refractivity contribution in [1.29, 1.82) is 0 Å². The molecule has 0 aliphatic carbocycles. The van der Waals surface area contributed by atoms with Gasteiger partial charge in [-0.3, -0.25) is 4.79 Å². The number of carbonyl (C=O) groups is 1. The van der Waals surface area contributed by atoms with Crippen LogP contribution in [0.1, 0.15) is 16.1 Å². The van der Waals surface area contributed by atoms with Crippen molar-refractivity contribution in [3.8, 4) is 17.4 Å². The normalized spacial score (nSPS) is 10.5. The summed E-state index contributed by atoms with van der Waals surface area (Å²) in [5.41, 5.74) is 1.73. The number of benzene rings is 1. The number of carbonyl (C=O) groups excluding carboxylic acids is 1. The average Bonchev–Trinajstić information content (AvgIpc) is 3.08. The maximum Gasteiger partial charge on any atom is 0.271 e. The molecule has 1 aromatic carbocycles. The van der Waals surface area contributed by atoms with Gasteiger partial charge in [0.2, 0.25) is 5.88 Å². The summed E-state index contributed by atoms with van der Waals surface area (Å²) in [5.74, 6) is 1.40. The van der Waals surface area contributed by atoms with Crippen LogP contribution >= 0.6 is 0 Å². The first-order valence-electron chi connectivity index (χ1n) is 7.54. The lowest BCUT2D eigenvalue weighted by Gasteiger charge is -2.10. The van der Waals surface area contributed by atoms with Crippen LogP contribution in [0.15, 0.2) is 36.5 Å². The Kier molecular flexibility index (Phi) is 4.69. The molecule has 8 heteroatoms.